The molecule has 0 saturated carbocycles. The zero-order chi connectivity index (χ0) is 16.7. The van der Waals surface area contributed by atoms with Crippen LogP contribution in [0.2, 0.25) is 0 Å². The predicted molar refractivity (Wildman–Crippen MR) is 86.8 cm³/mol. The summed E-state index contributed by atoms with van der Waals surface area (Å²) < 4.78 is 10.6. The Morgan fingerprint density at radius 2 is 1.91 bits per heavy atom. The minimum absolute atomic E-state index is 0.206. The highest BCUT2D eigenvalue weighted by Crippen LogP contribution is 2.35. The second kappa shape index (κ2) is 7.99. The van der Waals surface area contributed by atoms with Crippen LogP contribution in [-0.4, -0.2) is 36.7 Å². The smallest absolute Gasteiger partial charge is 0.410 e. The fourth-order valence-electron chi connectivity index (χ4n) is 2.98. The van der Waals surface area contributed by atoms with Crippen LogP contribution >= 0.6 is 0 Å². The van der Waals surface area contributed by atoms with E-state index in [1.54, 1.807) is 11.8 Å². The maximum Gasteiger partial charge on any atom is 0.410 e. The molecule has 0 bridgehead atoms. The first-order valence-corrected chi connectivity index (χ1v) is 8.24. The molecule has 1 aromatic carbocycles. The molecular weight excluding hydrogens is 294 g/mol. The van der Waals surface area contributed by atoms with Crippen molar-refractivity contribution >= 4 is 12.1 Å². The quantitative estimate of drug-likeness (QED) is 0.781. The van der Waals surface area contributed by atoms with Gasteiger partial charge in [0.15, 0.2) is 0 Å². The highest BCUT2D eigenvalue weighted by Gasteiger charge is 2.43. The summed E-state index contributed by atoms with van der Waals surface area (Å²) in [5.41, 5.74) is 0.352. The van der Waals surface area contributed by atoms with Gasteiger partial charge in [-0.05, 0) is 31.7 Å². The predicted octanol–water partition coefficient (Wildman–Crippen LogP) is 3.38. The van der Waals surface area contributed by atoms with E-state index in [0.29, 0.717) is 26.1 Å². The van der Waals surface area contributed by atoms with Crippen molar-refractivity contribution in [1.82, 2.24) is 4.90 Å². The SMILES string of the molecule is CCOC(=O)[C@]1(CC)CCCN(C(=O)OCc2ccccc2)C1. The lowest BCUT2D eigenvalue weighted by molar-refractivity contribution is -0.158. The molecule has 1 aliphatic rings. The molecule has 0 unspecified atom stereocenters. The monoisotopic (exact) mass is 319 g/mol. The van der Waals surface area contributed by atoms with E-state index in [1.807, 2.05) is 37.3 Å². The number of amides is 1. The molecule has 5 nitrogen and oxygen atoms in total. The third-order valence-electron chi connectivity index (χ3n) is 4.43. The maximum atomic E-state index is 12.3. The molecule has 5 heteroatoms. The van der Waals surface area contributed by atoms with Gasteiger partial charge in [-0.2, -0.15) is 0 Å². The van der Waals surface area contributed by atoms with Gasteiger partial charge in [0, 0.05) is 13.1 Å². The van der Waals surface area contributed by atoms with E-state index in [2.05, 4.69) is 0 Å². The molecule has 1 amide bonds. The Morgan fingerprint density at radius 3 is 2.57 bits per heavy atom. The second-order valence-electron chi connectivity index (χ2n) is 5.92. The average Bonchev–Trinajstić information content (AvgIpc) is 2.60. The number of carbonyl (C=O) groups excluding carboxylic acids is 2. The summed E-state index contributed by atoms with van der Waals surface area (Å²) in [6, 6.07) is 9.57. The highest BCUT2D eigenvalue weighted by atomic mass is 16.6. The van der Waals surface area contributed by atoms with Crippen LogP contribution < -0.4 is 0 Å². The zero-order valence-electron chi connectivity index (χ0n) is 13.9. The van der Waals surface area contributed by atoms with E-state index in [1.165, 1.54) is 0 Å². The number of likely N-dealkylation sites (tertiary alicyclic amines) is 1. The van der Waals surface area contributed by atoms with Crippen LogP contribution in [0.15, 0.2) is 30.3 Å². The molecule has 1 fully saturated rings. The number of hydrogen-bond acceptors (Lipinski definition) is 4. The van der Waals surface area contributed by atoms with Crippen molar-refractivity contribution in [2.24, 2.45) is 5.41 Å². The first-order chi connectivity index (χ1) is 11.1. The molecular formula is C18H25NO4. The normalized spacial score (nSPS) is 20.9. The number of rotatable bonds is 5. The molecule has 0 aliphatic carbocycles. The van der Waals surface area contributed by atoms with Gasteiger partial charge in [-0.3, -0.25) is 4.79 Å². The van der Waals surface area contributed by atoms with Crippen LogP contribution in [0.25, 0.3) is 0 Å². The van der Waals surface area contributed by atoms with Crippen molar-refractivity contribution in [1.29, 1.82) is 0 Å². The van der Waals surface area contributed by atoms with Crippen LogP contribution in [-0.2, 0) is 20.9 Å². The average molecular weight is 319 g/mol. The molecule has 0 radical (unpaired) electrons. The summed E-state index contributed by atoms with van der Waals surface area (Å²) in [5, 5.41) is 0. The number of ether oxygens (including phenoxy) is 2. The second-order valence-corrected chi connectivity index (χ2v) is 5.92. The summed E-state index contributed by atoms with van der Waals surface area (Å²) in [5.74, 6) is -0.206. The zero-order valence-corrected chi connectivity index (χ0v) is 13.9. The first kappa shape index (κ1) is 17.3. The third kappa shape index (κ3) is 4.24. The lowest BCUT2D eigenvalue weighted by atomic mass is 9.77. The van der Waals surface area contributed by atoms with Gasteiger partial charge in [0.25, 0.3) is 0 Å². The molecule has 0 spiro atoms. The lowest BCUT2D eigenvalue weighted by Gasteiger charge is -2.39. The van der Waals surface area contributed by atoms with Gasteiger partial charge in [-0.25, -0.2) is 4.79 Å². The van der Waals surface area contributed by atoms with Crippen molar-refractivity contribution in [3.05, 3.63) is 35.9 Å². The fraction of sp³-hybridized carbons (Fsp3) is 0.556. The molecule has 126 valence electrons. The largest absolute Gasteiger partial charge is 0.466 e. The van der Waals surface area contributed by atoms with Crippen molar-refractivity contribution in [2.75, 3.05) is 19.7 Å². The Labute approximate surface area is 137 Å². The van der Waals surface area contributed by atoms with Gasteiger partial charge in [0.1, 0.15) is 6.61 Å². The molecule has 1 saturated heterocycles. The Balaban J connectivity index is 1.96. The third-order valence-corrected chi connectivity index (χ3v) is 4.43. The molecule has 1 heterocycles. The van der Waals surface area contributed by atoms with Crippen LogP contribution in [0.4, 0.5) is 4.79 Å². The van der Waals surface area contributed by atoms with E-state index in [0.717, 1.165) is 18.4 Å². The molecule has 0 N–H and O–H groups in total. The van der Waals surface area contributed by atoms with Crippen LogP contribution in [0.5, 0.6) is 0 Å². The summed E-state index contributed by atoms with van der Waals surface area (Å²) in [7, 11) is 0. The topological polar surface area (TPSA) is 55.8 Å². The van der Waals surface area contributed by atoms with E-state index < -0.39 is 5.41 Å². The summed E-state index contributed by atoms with van der Waals surface area (Å²) in [6.45, 7) is 5.37. The number of hydrogen-bond donors (Lipinski definition) is 0. The van der Waals surface area contributed by atoms with Crippen LogP contribution in [0, 0.1) is 5.41 Å². The van der Waals surface area contributed by atoms with E-state index >= 15 is 0 Å². The first-order valence-electron chi connectivity index (χ1n) is 8.24. The van der Waals surface area contributed by atoms with E-state index in [-0.39, 0.29) is 18.7 Å². The van der Waals surface area contributed by atoms with Gasteiger partial charge in [-0.15, -0.1) is 0 Å². The van der Waals surface area contributed by atoms with Crippen LogP contribution in [0.1, 0.15) is 38.7 Å². The maximum absolute atomic E-state index is 12.3. The van der Waals surface area contributed by atoms with Crippen LogP contribution in [0.3, 0.4) is 0 Å². The van der Waals surface area contributed by atoms with Crippen molar-refractivity contribution in [3.63, 3.8) is 0 Å². The minimum atomic E-state index is -0.597. The number of benzene rings is 1. The van der Waals surface area contributed by atoms with Crippen molar-refractivity contribution < 1.29 is 19.1 Å². The number of nitrogens with zero attached hydrogens (tertiary/aromatic N) is 1. The lowest BCUT2D eigenvalue weighted by Crippen LogP contribution is -2.50. The summed E-state index contributed by atoms with van der Waals surface area (Å²) in [6.07, 6.45) is 1.84. The van der Waals surface area contributed by atoms with E-state index in [9.17, 15) is 9.59 Å². The van der Waals surface area contributed by atoms with Gasteiger partial charge < -0.3 is 14.4 Å². The summed E-state index contributed by atoms with van der Waals surface area (Å²) >= 11 is 0. The minimum Gasteiger partial charge on any atom is -0.466 e. The van der Waals surface area contributed by atoms with Gasteiger partial charge >= 0.3 is 12.1 Å². The Hall–Kier alpha value is -2.04. The van der Waals surface area contributed by atoms with Crippen molar-refractivity contribution in [3.8, 4) is 0 Å². The Bertz CT molecular complexity index is 531. The van der Waals surface area contributed by atoms with Gasteiger partial charge in [-0.1, -0.05) is 37.3 Å². The molecule has 1 aromatic rings. The summed E-state index contributed by atoms with van der Waals surface area (Å²) in [4.78, 5) is 26.2. The number of esters is 1. The Morgan fingerprint density at radius 1 is 1.17 bits per heavy atom. The Kier molecular flexibility index (Phi) is 6.02. The van der Waals surface area contributed by atoms with Crippen molar-refractivity contribution in [2.45, 2.75) is 39.7 Å². The molecule has 23 heavy (non-hydrogen) atoms. The van der Waals surface area contributed by atoms with Gasteiger partial charge in [0.05, 0.1) is 12.0 Å². The number of carbonyl (C=O) groups is 2. The molecule has 2 rings (SSSR count). The van der Waals surface area contributed by atoms with Gasteiger partial charge in [0.2, 0.25) is 0 Å². The molecule has 0 aromatic heterocycles. The molecule has 1 atom stereocenters. The standard InChI is InChI=1S/C18H25NO4/c1-3-18(16(20)22-4-2)11-8-12-19(14-18)17(21)23-13-15-9-6-5-7-10-15/h5-7,9-10H,3-4,8,11-14H2,1-2H3/t18-/m1/s1. The highest BCUT2D eigenvalue weighted by molar-refractivity contribution is 5.78. The van der Waals surface area contributed by atoms with E-state index in [4.69, 9.17) is 9.47 Å². The number of piperidine rings is 1. The molecule has 1 aliphatic heterocycles. The fourth-order valence-corrected chi connectivity index (χ4v) is 2.98.